The van der Waals surface area contributed by atoms with E-state index < -0.39 is 23.1 Å². The lowest BCUT2D eigenvalue weighted by Gasteiger charge is -2.31. The van der Waals surface area contributed by atoms with Crippen molar-refractivity contribution < 1.29 is 28.5 Å². The van der Waals surface area contributed by atoms with Gasteiger partial charge >= 0.3 is 0 Å². The number of nitrogens with zero attached hydrogens (tertiary/aromatic N) is 6. The number of terminal acetylenes is 1. The Morgan fingerprint density at radius 3 is 2.95 bits per heavy atom. The molecule has 2 N–H and O–H groups in total. The number of anilines is 1. The molecule has 2 aromatic carbocycles. The van der Waals surface area contributed by atoms with Crippen LogP contribution in [-0.4, -0.2) is 97.9 Å². The molecule has 2 aromatic heterocycles. The number of rotatable bonds is 6. The lowest BCUT2D eigenvalue weighted by atomic mass is 9.95. The fourth-order valence-corrected chi connectivity index (χ4v) is 7.05. The number of halogens is 2. The first-order valence-electron chi connectivity index (χ1n) is 14.9. The Hall–Kier alpha value is -4.05. The summed E-state index contributed by atoms with van der Waals surface area (Å²) in [7, 11) is 0. The number of phenolic OH excluding ortho intramolecular Hbond substituents is 1. The Labute approximate surface area is 253 Å². The van der Waals surface area contributed by atoms with Gasteiger partial charge in [0.2, 0.25) is 11.8 Å². The zero-order valence-electron chi connectivity index (χ0n) is 24.5. The van der Waals surface area contributed by atoms with Gasteiger partial charge in [-0.15, -0.1) is 6.42 Å². The van der Waals surface area contributed by atoms with Gasteiger partial charge in [0.25, 0.3) is 0 Å². The first kappa shape index (κ1) is 28.7. The number of aromatic nitrogens is 4. The van der Waals surface area contributed by atoms with Crippen molar-refractivity contribution in [1.29, 1.82) is 0 Å². The second-order valence-corrected chi connectivity index (χ2v) is 12.5. The van der Waals surface area contributed by atoms with Gasteiger partial charge in [0.1, 0.15) is 29.9 Å². The third kappa shape index (κ3) is 5.08. The largest absolute Gasteiger partial charge is 0.508 e. The van der Waals surface area contributed by atoms with Crippen LogP contribution in [-0.2, 0) is 11.3 Å². The van der Waals surface area contributed by atoms with E-state index in [0.717, 1.165) is 19.4 Å². The highest BCUT2D eigenvalue weighted by Gasteiger charge is 2.49. The molecule has 3 atom stereocenters. The van der Waals surface area contributed by atoms with Crippen LogP contribution in [0.1, 0.15) is 37.3 Å². The Morgan fingerprint density at radius 1 is 1.25 bits per heavy atom. The van der Waals surface area contributed by atoms with Gasteiger partial charge in [-0.25, -0.2) is 13.8 Å². The lowest BCUT2D eigenvalue weighted by molar-refractivity contribution is -0.0123. The van der Waals surface area contributed by atoms with E-state index in [9.17, 15) is 19.0 Å². The normalized spacial score (nSPS) is 25.8. The quantitative estimate of drug-likeness (QED) is 0.320. The number of alkyl halides is 1. The molecule has 0 spiro atoms. The second kappa shape index (κ2) is 10.8. The number of β-amino-alcohol motifs (C(OH)–C–C–N with tert-alkyl or cyclic N) is 1. The van der Waals surface area contributed by atoms with Crippen LogP contribution in [0.4, 0.5) is 14.7 Å². The van der Waals surface area contributed by atoms with Crippen LogP contribution >= 0.6 is 0 Å². The number of hydrogen-bond acceptors (Lipinski definition) is 9. The summed E-state index contributed by atoms with van der Waals surface area (Å²) < 4.78 is 43.0. The predicted molar refractivity (Wildman–Crippen MR) is 160 cm³/mol. The maximum atomic E-state index is 14.7. The van der Waals surface area contributed by atoms with Crippen molar-refractivity contribution in [3.8, 4) is 24.0 Å². The van der Waals surface area contributed by atoms with Crippen LogP contribution in [0.15, 0.2) is 30.6 Å². The van der Waals surface area contributed by atoms with E-state index >= 15 is 0 Å². The van der Waals surface area contributed by atoms with E-state index in [4.69, 9.17) is 25.9 Å². The maximum absolute atomic E-state index is 14.7. The van der Waals surface area contributed by atoms with Crippen molar-refractivity contribution in [3.05, 3.63) is 47.5 Å². The zero-order valence-corrected chi connectivity index (χ0v) is 24.5. The molecule has 0 radical (unpaired) electrons. The molecule has 0 aliphatic carbocycles. The monoisotopic (exact) mass is 604 g/mol. The van der Waals surface area contributed by atoms with Gasteiger partial charge in [-0.2, -0.15) is 9.97 Å². The summed E-state index contributed by atoms with van der Waals surface area (Å²) in [6.45, 7) is 4.59. The molecular formula is C32H34F2N6O4. The van der Waals surface area contributed by atoms with E-state index in [1.165, 1.54) is 6.07 Å². The molecule has 0 saturated carbocycles. The van der Waals surface area contributed by atoms with Gasteiger partial charge in [-0.05, 0) is 55.5 Å². The fourth-order valence-electron chi connectivity index (χ4n) is 7.05. The molecule has 1 unspecified atom stereocenters. The minimum absolute atomic E-state index is 0.0146. The highest BCUT2D eigenvalue weighted by atomic mass is 19.1. The number of ether oxygens (including phenoxy) is 2. The number of phenols is 1. The van der Waals surface area contributed by atoms with Crippen LogP contribution in [0, 0.1) is 18.2 Å². The minimum atomic E-state index is -1.13. The molecule has 7 rings (SSSR count). The summed E-state index contributed by atoms with van der Waals surface area (Å²) in [4.78, 5) is 18.3. The summed E-state index contributed by atoms with van der Waals surface area (Å²) in [5.41, 5.74) is 0.0263. The van der Waals surface area contributed by atoms with Gasteiger partial charge in [0.15, 0.2) is 11.2 Å². The lowest BCUT2D eigenvalue weighted by Crippen LogP contribution is -2.44. The van der Waals surface area contributed by atoms with Crippen LogP contribution < -0.4 is 9.64 Å². The zero-order chi connectivity index (χ0) is 30.6. The third-order valence-electron chi connectivity index (χ3n) is 9.01. The Morgan fingerprint density at radius 2 is 2.11 bits per heavy atom. The van der Waals surface area contributed by atoms with E-state index in [1.54, 1.807) is 36.0 Å². The van der Waals surface area contributed by atoms with Crippen LogP contribution in [0.3, 0.4) is 0 Å². The van der Waals surface area contributed by atoms with Crippen LogP contribution in [0.2, 0.25) is 0 Å². The summed E-state index contributed by atoms with van der Waals surface area (Å²) >= 11 is 0. The van der Waals surface area contributed by atoms with Gasteiger partial charge in [-0.3, -0.25) is 4.90 Å². The number of aliphatic hydroxyl groups is 1. The van der Waals surface area contributed by atoms with Crippen molar-refractivity contribution in [2.45, 2.75) is 50.0 Å². The van der Waals surface area contributed by atoms with E-state index in [2.05, 4.69) is 15.8 Å². The number of fused-ring (bicyclic) bond motifs is 3. The SMILES string of the molecule is C#Cc1c(F)ccc2cc(O)cc(Cn3cnc4c(OC[C@@]56CCCN5C[C@H](F)C6)nc(N5CCOCC(C)(O)C5)nc43)c12. The molecule has 10 nitrogen and oxygen atoms in total. The van der Waals surface area contributed by atoms with Crippen molar-refractivity contribution in [3.63, 3.8) is 0 Å². The highest BCUT2D eigenvalue weighted by Crippen LogP contribution is 2.41. The molecule has 0 amide bonds. The molecule has 3 saturated heterocycles. The van der Waals surface area contributed by atoms with Gasteiger partial charge in [-0.1, -0.05) is 12.0 Å². The number of aromatic hydroxyl groups is 1. The van der Waals surface area contributed by atoms with Gasteiger partial charge in [0.05, 0.1) is 43.7 Å². The van der Waals surface area contributed by atoms with Gasteiger partial charge in [0, 0.05) is 24.9 Å². The van der Waals surface area contributed by atoms with Crippen molar-refractivity contribution >= 4 is 27.9 Å². The summed E-state index contributed by atoms with van der Waals surface area (Å²) in [5.74, 6) is 2.52. The number of imidazole rings is 1. The molecule has 3 aliphatic rings. The first-order valence-corrected chi connectivity index (χ1v) is 14.9. The summed E-state index contributed by atoms with van der Waals surface area (Å²) in [6.07, 6.45) is 8.63. The topological polar surface area (TPSA) is 109 Å². The third-order valence-corrected chi connectivity index (χ3v) is 9.01. The molecule has 5 heterocycles. The molecule has 0 bridgehead atoms. The smallest absolute Gasteiger partial charge is 0.247 e. The molecular weight excluding hydrogens is 570 g/mol. The average molecular weight is 605 g/mol. The highest BCUT2D eigenvalue weighted by molar-refractivity contribution is 5.92. The van der Waals surface area contributed by atoms with Crippen molar-refractivity contribution in [2.24, 2.45) is 0 Å². The molecule has 44 heavy (non-hydrogen) atoms. The number of benzene rings is 2. The Balaban J connectivity index is 1.32. The fraction of sp³-hybridized carbons (Fsp3) is 0.469. The number of hydrogen-bond donors (Lipinski definition) is 2. The standard InChI is InChI=1S/C32H34F2N6O4/c1-3-24-25(34)6-5-20-11-23(41)12-21(26(20)24)14-39-19-35-27-28(39)36-30(38-9-10-43-17-31(2,42)16-38)37-29(27)44-18-32-7-4-8-40(32)15-22(33)13-32/h1,5-6,11-12,19,22,41-42H,4,7-10,13-18H2,2H3/t22-,31?,32+/m1/s1. The van der Waals surface area contributed by atoms with E-state index in [1.807, 2.05) is 4.90 Å². The molecule has 230 valence electrons. The molecule has 3 aliphatic heterocycles. The summed E-state index contributed by atoms with van der Waals surface area (Å²) in [5, 5.41) is 22.5. The Bertz CT molecular complexity index is 1790. The van der Waals surface area contributed by atoms with Crippen molar-refractivity contribution in [1.82, 2.24) is 24.4 Å². The maximum Gasteiger partial charge on any atom is 0.247 e. The minimum Gasteiger partial charge on any atom is -0.508 e. The second-order valence-electron chi connectivity index (χ2n) is 12.5. The molecule has 4 aromatic rings. The van der Waals surface area contributed by atoms with Crippen LogP contribution in [0.25, 0.3) is 21.9 Å². The molecule has 12 heteroatoms. The summed E-state index contributed by atoms with van der Waals surface area (Å²) in [6, 6.07) is 5.97. The van der Waals surface area contributed by atoms with Gasteiger partial charge < -0.3 is 29.2 Å². The van der Waals surface area contributed by atoms with Crippen molar-refractivity contribution in [2.75, 3.05) is 50.9 Å². The Kier molecular flexibility index (Phi) is 7.07. The van der Waals surface area contributed by atoms with Crippen LogP contribution in [0.5, 0.6) is 11.6 Å². The average Bonchev–Trinajstić information content (AvgIpc) is 3.61. The van der Waals surface area contributed by atoms with E-state index in [0.29, 0.717) is 59.6 Å². The molecule has 3 fully saturated rings. The van der Waals surface area contributed by atoms with E-state index in [-0.39, 0.29) is 43.5 Å². The first-order chi connectivity index (χ1) is 21.1. The predicted octanol–water partition coefficient (Wildman–Crippen LogP) is 3.40.